The quantitative estimate of drug-likeness (QED) is 0.790. The van der Waals surface area contributed by atoms with Crippen molar-refractivity contribution < 1.29 is 5.11 Å². The molecular weight excluding hydrogens is 202 g/mol. The van der Waals surface area contributed by atoms with Gasteiger partial charge < -0.3 is 5.11 Å². The van der Waals surface area contributed by atoms with Gasteiger partial charge in [-0.1, -0.05) is 19.3 Å². The number of aromatic nitrogens is 3. The van der Waals surface area contributed by atoms with Crippen LogP contribution in [0.4, 0.5) is 0 Å². The first-order chi connectivity index (χ1) is 7.84. The van der Waals surface area contributed by atoms with E-state index in [1.54, 1.807) is 4.68 Å². The maximum Gasteiger partial charge on any atom is 0.154 e. The summed E-state index contributed by atoms with van der Waals surface area (Å²) in [5.74, 6) is 2.51. The zero-order valence-electron chi connectivity index (χ0n) is 9.60. The number of fused-ring (bicyclic) bond motifs is 1. The molecule has 0 radical (unpaired) electrons. The number of hydrogen-bond donors (Lipinski definition) is 1. The highest BCUT2D eigenvalue weighted by molar-refractivity contribution is 5.03. The third kappa shape index (κ3) is 1.75. The van der Waals surface area contributed by atoms with Crippen molar-refractivity contribution in [2.75, 3.05) is 0 Å². The molecule has 1 unspecified atom stereocenters. The Kier molecular flexibility index (Phi) is 2.67. The van der Waals surface area contributed by atoms with Crippen LogP contribution in [0.15, 0.2) is 0 Å². The third-order valence-electron chi connectivity index (χ3n) is 3.83. The number of aryl methyl sites for hydroxylation is 1. The van der Waals surface area contributed by atoms with Crippen LogP contribution >= 0.6 is 0 Å². The fraction of sp³-hybridized carbons (Fsp3) is 0.833. The highest BCUT2D eigenvalue weighted by Crippen LogP contribution is 2.32. The van der Waals surface area contributed by atoms with Crippen LogP contribution < -0.4 is 0 Å². The predicted octanol–water partition coefficient (Wildman–Crippen LogP) is 2.15. The number of rotatable bonds is 1. The summed E-state index contributed by atoms with van der Waals surface area (Å²) >= 11 is 0. The summed E-state index contributed by atoms with van der Waals surface area (Å²) in [6.07, 6.45) is 8.79. The van der Waals surface area contributed by atoms with Crippen molar-refractivity contribution in [3.05, 3.63) is 11.6 Å². The summed E-state index contributed by atoms with van der Waals surface area (Å²) < 4.78 is 1.74. The average Bonchev–Trinajstić information content (AvgIpc) is 2.76. The zero-order chi connectivity index (χ0) is 11.0. The minimum absolute atomic E-state index is 0.436. The van der Waals surface area contributed by atoms with E-state index in [9.17, 15) is 5.11 Å². The lowest BCUT2D eigenvalue weighted by molar-refractivity contribution is 0.0642. The Morgan fingerprint density at radius 3 is 2.62 bits per heavy atom. The number of aliphatic hydroxyl groups excluding tert-OH is 1. The summed E-state index contributed by atoms with van der Waals surface area (Å²) in [5, 5.41) is 14.3. The fourth-order valence-corrected chi connectivity index (χ4v) is 2.88. The van der Waals surface area contributed by atoms with Crippen LogP contribution in [0.3, 0.4) is 0 Å². The standard InChI is InChI=1S/C12H19N3O/c16-11-8-4-7-10-13-12(14-15(10)11)9-5-2-1-3-6-9/h9,11,16H,1-8H2. The highest BCUT2D eigenvalue weighted by atomic mass is 16.3. The molecule has 1 atom stereocenters. The minimum Gasteiger partial charge on any atom is -0.372 e. The molecule has 0 bridgehead atoms. The van der Waals surface area contributed by atoms with Gasteiger partial charge in [-0.05, 0) is 25.7 Å². The van der Waals surface area contributed by atoms with E-state index in [-0.39, 0.29) is 0 Å². The fourth-order valence-electron chi connectivity index (χ4n) is 2.88. The molecule has 0 amide bonds. The molecule has 1 aromatic heterocycles. The SMILES string of the molecule is OC1CCCc2nc(C3CCCCC3)nn21. The first kappa shape index (κ1) is 10.3. The summed E-state index contributed by atoms with van der Waals surface area (Å²) in [4.78, 5) is 4.62. The van der Waals surface area contributed by atoms with E-state index >= 15 is 0 Å². The molecule has 0 spiro atoms. The average molecular weight is 221 g/mol. The van der Waals surface area contributed by atoms with Gasteiger partial charge in [-0.3, -0.25) is 0 Å². The van der Waals surface area contributed by atoms with Gasteiger partial charge in [0.05, 0.1) is 0 Å². The van der Waals surface area contributed by atoms with Gasteiger partial charge in [0.15, 0.2) is 5.82 Å². The van der Waals surface area contributed by atoms with Crippen LogP contribution in [0.25, 0.3) is 0 Å². The third-order valence-corrected chi connectivity index (χ3v) is 3.83. The molecule has 2 heterocycles. The normalized spacial score (nSPS) is 26.7. The lowest BCUT2D eigenvalue weighted by Crippen LogP contribution is -2.18. The largest absolute Gasteiger partial charge is 0.372 e. The van der Waals surface area contributed by atoms with Gasteiger partial charge in [0.1, 0.15) is 12.1 Å². The molecule has 4 heteroatoms. The van der Waals surface area contributed by atoms with Crippen molar-refractivity contribution in [2.24, 2.45) is 0 Å². The van der Waals surface area contributed by atoms with E-state index in [0.29, 0.717) is 5.92 Å². The van der Waals surface area contributed by atoms with E-state index in [1.807, 2.05) is 0 Å². The molecular formula is C12H19N3O. The summed E-state index contributed by atoms with van der Waals surface area (Å²) in [5.41, 5.74) is 0. The molecule has 1 aliphatic carbocycles. The second-order valence-corrected chi connectivity index (χ2v) is 5.04. The Balaban J connectivity index is 1.85. The van der Waals surface area contributed by atoms with Gasteiger partial charge in [-0.2, -0.15) is 5.10 Å². The van der Waals surface area contributed by atoms with Gasteiger partial charge >= 0.3 is 0 Å². The van der Waals surface area contributed by atoms with E-state index in [2.05, 4.69) is 10.1 Å². The van der Waals surface area contributed by atoms with Crippen molar-refractivity contribution >= 4 is 0 Å². The number of aliphatic hydroxyl groups is 1. The molecule has 2 aliphatic rings. The smallest absolute Gasteiger partial charge is 0.154 e. The van der Waals surface area contributed by atoms with Crippen LogP contribution in [-0.2, 0) is 6.42 Å². The first-order valence-corrected chi connectivity index (χ1v) is 6.48. The van der Waals surface area contributed by atoms with E-state index < -0.39 is 6.23 Å². The monoisotopic (exact) mass is 221 g/mol. The van der Waals surface area contributed by atoms with E-state index in [0.717, 1.165) is 30.9 Å². The Morgan fingerprint density at radius 2 is 1.88 bits per heavy atom. The van der Waals surface area contributed by atoms with Crippen molar-refractivity contribution in [2.45, 2.75) is 63.5 Å². The molecule has 0 aromatic carbocycles. The molecule has 1 aliphatic heterocycles. The van der Waals surface area contributed by atoms with Crippen molar-refractivity contribution in [3.8, 4) is 0 Å². The molecule has 1 fully saturated rings. The van der Waals surface area contributed by atoms with Gasteiger partial charge in [0.25, 0.3) is 0 Å². The van der Waals surface area contributed by atoms with Crippen LogP contribution in [0, 0.1) is 0 Å². The maximum atomic E-state index is 9.83. The van der Waals surface area contributed by atoms with Crippen LogP contribution in [0.5, 0.6) is 0 Å². The van der Waals surface area contributed by atoms with Crippen molar-refractivity contribution in [3.63, 3.8) is 0 Å². The van der Waals surface area contributed by atoms with Crippen molar-refractivity contribution in [1.29, 1.82) is 0 Å². The van der Waals surface area contributed by atoms with Gasteiger partial charge in [0.2, 0.25) is 0 Å². The Labute approximate surface area is 95.7 Å². The first-order valence-electron chi connectivity index (χ1n) is 6.48. The molecule has 1 N–H and O–H groups in total. The van der Waals surface area contributed by atoms with E-state index in [4.69, 9.17) is 0 Å². The summed E-state index contributed by atoms with van der Waals surface area (Å²) in [6, 6.07) is 0. The number of hydrogen-bond acceptors (Lipinski definition) is 3. The molecule has 16 heavy (non-hydrogen) atoms. The maximum absolute atomic E-state index is 9.83. The van der Waals surface area contributed by atoms with E-state index in [1.165, 1.54) is 32.1 Å². The molecule has 1 saturated carbocycles. The summed E-state index contributed by atoms with van der Waals surface area (Å²) in [6.45, 7) is 0. The van der Waals surface area contributed by atoms with Crippen LogP contribution in [0.2, 0.25) is 0 Å². The molecule has 88 valence electrons. The minimum atomic E-state index is -0.436. The molecule has 1 aromatic rings. The summed E-state index contributed by atoms with van der Waals surface area (Å²) in [7, 11) is 0. The Bertz CT molecular complexity index is 368. The Morgan fingerprint density at radius 1 is 1.06 bits per heavy atom. The van der Waals surface area contributed by atoms with Gasteiger partial charge in [-0.25, -0.2) is 9.67 Å². The highest BCUT2D eigenvalue weighted by Gasteiger charge is 2.25. The lowest BCUT2D eigenvalue weighted by atomic mass is 9.89. The topological polar surface area (TPSA) is 50.9 Å². The van der Waals surface area contributed by atoms with Crippen LogP contribution in [-0.4, -0.2) is 19.9 Å². The number of nitrogens with zero attached hydrogens (tertiary/aromatic N) is 3. The van der Waals surface area contributed by atoms with Crippen LogP contribution in [0.1, 0.15) is 68.7 Å². The van der Waals surface area contributed by atoms with Gasteiger partial charge in [-0.15, -0.1) is 0 Å². The second-order valence-electron chi connectivity index (χ2n) is 5.04. The Hall–Kier alpha value is -0.900. The molecule has 4 nitrogen and oxygen atoms in total. The predicted molar refractivity (Wildman–Crippen MR) is 60.0 cm³/mol. The zero-order valence-corrected chi connectivity index (χ0v) is 9.60. The second kappa shape index (κ2) is 4.17. The molecule has 3 rings (SSSR count). The molecule has 0 saturated heterocycles. The van der Waals surface area contributed by atoms with Crippen molar-refractivity contribution in [1.82, 2.24) is 14.8 Å². The lowest BCUT2D eigenvalue weighted by Gasteiger charge is -2.18. The van der Waals surface area contributed by atoms with Gasteiger partial charge in [0, 0.05) is 12.3 Å².